The van der Waals surface area contributed by atoms with E-state index in [4.69, 9.17) is 4.74 Å². The summed E-state index contributed by atoms with van der Waals surface area (Å²) in [5.41, 5.74) is 4.50. The van der Waals surface area contributed by atoms with Crippen LogP contribution in [0.25, 0.3) is 0 Å². The second-order valence-corrected chi connectivity index (χ2v) is 6.57. The van der Waals surface area contributed by atoms with Crippen molar-refractivity contribution in [2.24, 2.45) is 0 Å². The van der Waals surface area contributed by atoms with Crippen LogP contribution in [-0.4, -0.2) is 41.5 Å². The first kappa shape index (κ1) is 15.1. The molecule has 1 aromatic carbocycles. The van der Waals surface area contributed by atoms with Crippen molar-refractivity contribution in [1.82, 2.24) is 14.9 Å². The van der Waals surface area contributed by atoms with Crippen molar-refractivity contribution >= 4 is 11.8 Å². The van der Waals surface area contributed by atoms with E-state index in [1.54, 1.807) is 6.33 Å². The van der Waals surface area contributed by atoms with Gasteiger partial charge in [-0.25, -0.2) is 9.97 Å². The van der Waals surface area contributed by atoms with Gasteiger partial charge in [0.1, 0.15) is 17.9 Å². The smallest absolute Gasteiger partial charge is 0.315 e. The second-order valence-electron chi connectivity index (χ2n) is 6.57. The zero-order valence-electron chi connectivity index (χ0n) is 14.0. The Morgan fingerprint density at radius 3 is 3.00 bits per heavy atom. The van der Waals surface area contributed by atoms with E-state index in [0.717, 1.165) is 48.7 Å². The van der Waals surface area contributed by atoms with Crippen LogP contribution >= 0.6 is 0 Å². The molecule has 1 aromatic heterocycles. The summed E-state index contributed by atoms with van der Waals surface area (Å²) in [6, 6.07) is 6.08. The summed E-state index contributed by atoms with van der Waals surface area (Å²) < 4.78 is 5.26. The number of hydrogen-bond donors (Lipinski definition) is 0. The van der Waals surface area contributed by atoms with Gasteiger partial charge in [0.25, 0.3) is 0 Å². The van der Waals surface area contributed by atoms with E-state index in [2.05, 4.69) is 20.9 Å². The molecular formula is C18H20N4O2. The van der Waals surface area contributed by atoms with Crippen molar-refractivity contribution in [1.29, 1.82) is 0 Å². The summed E-state index contributed by atoms with van der Waals surface area (Å²) in [4.78, 5) is 24.7. The summed E-state index contributed by atoms with van der Waals surface area (Å²) >= 11 is 0. The predicted molar refractivity (Wildman–Crippen MR) is 90.0 cm³/mol. The first-order valence-corrected chi connectivity index (χ1v) is 8.15. The Hall–Kier alpha value is -2.47. The number of aromatic nitrogens is 2. The topological polar surface area (TPSA) is 58.6 Å². The fourth-order valence-corrected chi connectivity index (χ4v) is 3.41. The number of carbonyl (C=O) groups excluding carboxylic acids is 1. The van der Waals surface area contributed by atoms with Gasteiger partial charge in [-0.1, -0.05) is 12.1 Å². The molecule has 0 saturated carbocycles. The summed E-state index contributed by atoms with van der Waals surface area (Å²) in [5.74, 6) is 1.54. The van der Waals surface area contributed by atoms with Crippen LogP contribution in [0.3, 0.4) is 0 Å². The van der Waals surface area contributed by atoms with Crippen molar-refractivity contribution in [3.8, 4) is 5.75 Å². The van der Waals surface area contributed by atoms with Gasteiger partial charge in [0.15, 0.2) is 0 Å². The number of benzene rings is 1. The molecule has 124 valence electrons. The number of esters is 1. The highest BCUT2D eigenvalue weighted by Gasteiger charge is 2.24. The molecule has 2 aliphatic rings. The van der Waals surface area contributed by atoms with E-state index in [0.29, 0.717) is 12.2 Å². The quantitative estimate of drug-likeness (QED) is 0.631. The van der Waals surface area contributed by atoms with E-state index in [1.165, 1.54) is 5.56 Å². The molecule has 0 aliphatic carbocycles. The maximum absolute atomic E-state index is 11.4. The van der Waals surface area contributed by atoms with Gasteiger partial charge < -0.3 is 9.64 Å². The Balaban J connectivity index is 1.54. The first-order valence-electron chi connectivity index (χ1n) is 8.15. The van der Waals surface area contributed by atoms with Crippen molar-refractivity contribution in [2.45, 2.75) is 25.9 Å². The normalized spacial score (nSPS) is 16.5. The molecule has 0 atom stereocenters. The standard InChI is InChI=1S/C18H20N4O2/c1-21(2)18-14-10-22(6-5-15(14)19-11-20-18)9-12-3-4-13-8-17(23)24-16(13)7-12/h3-4,7,11H,5-6,8-10H2,1-2H3. The fraction of sp³-hybridized carbons (Fsp3) is 0.389. The van der Waals surface area contributed by atoms with Crippen LogP contribution in [0.4, 0.5) is 5.82 Å². The number of carbonyl (C=O) groups is 1. The average molecular weight is 324 g/mol. The molecule has 0 bridgehead atoms. The zero-order valence-corrected chi connectivity index (χ0v) is 14.0. The van der Waals surface area contributed by atoms with Crippen LogP contribution < -0.4 is 9.64 Å². The average Bonchev–Trinajstić information content (AvgIpc) is 2.93. The largest absolute Gasteiger partial charge is 0.426 e. The Bertz CT molecular complexity index is 804. The summed E-state index contributed by atoms with van der Waals surface area (Å²) in [6.45, 7) is 2.63. The van der Waals surface area contributed by atoms with Crippen LogP contribution in [0.1, 0.15) is 22.4 Å². The minimum Gasteiger partial charge on any atom is -0.426 e. The molecule has 4 rings (SSSR count). The summed E-state index contributed by atoms with van der Waals surface area (Å²) in [6.07, 6.45) is 2.97. The molecule has 0 saturated heterocycles. The highest BCUT2D eigenvalue weighted by atomic mass is 16.5. The van der Waals surface area contributed by atoms with Gasteiger partial charge in [-0.05, 0) is 11.6 Å². The van der Waals surface area contributed by atoms with E-state index < -0.39 is 0 Å². The van der Waals surface area contributed by atoms with Gasteiger partial charge in [-0.2, -0.15) is 0 Å². The van der Waals surface area contributed by atoms with Crippen molar-refractivity contribution in [3.63, 3.8) is 0 Å². The number of fused-ring (bicyclic) bond motifs is 2. The van der Waals surface area contributed by atoms with Gasteiger partial charge >= 0.3 is 5.97 Å². The third kappa shape index (κ3) is 2.73. The molecule has 0 fully saturated rings. The van der Waals surface area contributed by atoms with E-state index in [-0.39, 0.29) is 5.97 Å². The number of nitrogens with zero attached hydrogens (tertiary/aromatic N) is 4. The molecule has 0 spiro atoms. The molecule has 0 amide bonds. The lowest BCUT2D eigenvalue weighted by molar-refractivity contribution is -0.131. The Morgan fingerprint density at radius 2 is 2.17 bits per heavy atom. The molecule has 2 aromatic rings. The lowest BCUT2D eigenvalue weighted by Gasteiger charge is -2.30. The third-order valence-corrected chi connectivity index (χ3v) is 4.58. The van der Waals surface area contributed by atoms with Crippen molar-refractivity contribution < 1.29 is 9.53 Å². The van der Waals surface area contributed by atoms with Crippen molar-refractivity contribution in [3.05, 3.63) is 46.9 Å². The van der Waals surface area contributed by atoms with Crippen LogP contribution in [0.15, 0.2) is 24.5 Å². The SMILES string of the molecule is CN(C)c1ncnc2c1CN(Cc1ccc3c(c1)OC(=O)C3)CC2. The predicted octanol–water partition coefficient (Wildman–Crippen LogP) is 1.56. The molecule has 3 heterocycles. The van der Waals surface area contributed by atoms with Crippen LogP contribution in [-0.2, 0) is 30.7 Å². The number of ether oxygens (including phenoxy) is 1. The Morgan fingerprint density at radius 1 is 1.29 bits per heavy atom. The second kappa shape index (κ2) is 5.87. The zero-order chi connectivity index (χ0) is 16.7. The molecule has 6 heteroatoms. The number of rotatable bonds is 3. The van der Waals surface area contributed by atoms with E-state index in [9.17, 15) is 4.79 Å². The third-order valence-electron chi connectivity index (χ3n) is 4.58. The van der Waals surface area contributed by atoms with E-state index >= 15 is 0 Å². The highest BCUT2D eigenvalue weighted by Crippen LogP contribution is 2.29. The Labute approximate surface area is 141 Å². The lowest BCUT2D eigenvalue weighted by atomic mass is 10.0. The molecule has 2 aliphatic heterocycles. The van der Waals surface area contributed by atoms with Gasteiger partial charge in [0.2, 0.25) is 0 Å². The van der Waals surface area contributed by atoms with Crippen molar-refractivity contribution in [2.75, 3.05) is 25.5 Å². The first-order chi connectivity index (χ1) is 11.6. The van der Waals surface area contributed by atoms with Gasteiger partial charge in [0.05, 0.1) is 12.1 Å². The molecular weight excluding hydrogens is 304 g/mol. The van der Waals surface area contributed by atoms with Gasteiger partial charge in [0, 0.05) is 51.3 Å². The molecule has 24 heavy (non-hydrogen) atoms. The molecule has 0 radical (unpaired) electrons. The molecule has 6 nitrogen and oxygen atoms in total. The fourth-order valence-electron chi connectivity index (χ4n) is 3.41. The minimum absolute atomic E-state index is 0.165. The van der Waals surface area contributed by atoms with Crippen LogP contribution in [0.2, 0.25) is 0 Å². The minimum atomic E-state index is -0.165. The maximum atomic E-state index is 11.4. The number of hydrogen-bond acceptors (Lipinski definition) is 6. The molecule has 0 N–H and O–H groups in total. The highest BCUT2D eigenvalue weighted by molar-refractivity contribution is 5.81. The van der Waals surface area contributed by atoms with Crippen LogP contribution in [0.5, 0.6) is 5.75 Å². The van der Waals surface area contributed by atoms with Crippen LogP contribution in [0, 0.1) is 0 Å². The lowest BCUT2D eigenvalue weighted by Crippen LogP contribution is -2.32. The maximum Gasteiger partial charge on any atom is 0.315 e. The summed E-state index contributed by atoms with van der Waals surface area (Å²) in [5, 5.41) is 0. The monoisotopic (exact) mass is 324 g/mol. The number of anilines is 1. The van der Waals surface area contributed by atoms with E-state index in [1.807, 2.05) is 31.1 Å². The Kier molecular flexibility index (Phi) is 3.69. The van der Waals surface area contributed by atoms with Gasteiger partial charge in [-0.3, -0.25) is 9.69 Å². The summed E-state index contributed by atoms with van der Waals surface area (Å²) in [7, 11) is 4.02. The van der Waals surface area contributed by atoms with Gasteiger partial charge in [-0.15, -0.1) is 0 Å². The molecule has 0 unspecified atom stereocenters.